The Bertz CT molecular complexity index is 1220. The summed E-state index contributed by atoms with van der Waals surface area (Å²) >= 11 is 0. The van der Waals surface area contributed by atoms with Gasteiger partial charge in [-0.15, -0.1) is 0 Å². The molecule has 2 N–H and O–H groups in total. The van der Waals surface area contributed by atoms with Gasteiger partial charge in [-0.25, -0.2) is 9.97 Å². The number of fused-ring (bicyclic) bond motifs is 1. The van der Waals surface area contributed by atoms with Crippen molar-refractivity contribution in [1.82, 2.24) is 19.2 Å². The fraction of sp³-hybridized carbons (Fsp3) is 0.227. The standard InChI is InChI=1S/C22H19N5O/c1-26-13-18(15-5-3-2-4-6-15)23-20(26)11-9-17-10-12-21-24-22(16-7-8-16)19(14-28)27(21)25-17/h2-6,10,12-13,16,28H,7-8,14H2,1H3/p+1. The molecule has 0 amide bonds. The third-order valence-electron chi connectivity index (χ3n) is 5.05. The molecule has 0 saturated heterocycles. The van der Waals surface area contributed by atoms with Crippen LogP contribution in [0.2, 0.25) is 0 Å². The Morgan fingerprint density at radius 1 is 1.14 bits per heavy atom. The Balaban J connectivity index is 1.50. The van der Waals surface area contributed by atoms with Gasteiger partial charge in [0, 0.05) is 30.8 Å². The first-order chi connectivity index (χ1) is 13.7. The second-order valence-corrected chi connectivity index (χ2v) is 7.11. The van der Waals surface area contributed by atoms with Gasteiger partial charge in [0.15, 0.2) is 17.2 Å². The Morgan fingerprint density at radius 3 is 2.71 bits per heavy atom. The van der Waals surface area contributed by atoms with E-state index in [-0.39, 0.29) is 6.61 Å². The molecule has 28 heavy (non-hydrogen) atoms. The molecule has 138 valence electrons. The maximum absolute atomic E-state index is 9.80. The summed E-state index contributed by atoms with van der Waals surface area (Å²) in [7, 11) is 1.94. The van der Waals surface area contributed by atoms with Crippen LogP contribution in [-0.2, 0) is 13.7 Å². The molecule has 5 rings (SSSR count). The van der Waals surface area contributed by atoms with Crippen molar-refractivity contribution in [3.8, 4) is 23.1 Å². The third kappa shape index (κ3) is 2.96. The Labute approximate surface area is 162 Å². The molecule has 1 fully saturated rings. The lowest BCUT2D eigenvalue weighted by atomic mass is 10.2. The molecule has 0 bridgehead atoms. The maximum Gasteiger partial charge on any atom is 0.305 e. The van der Waals surface area contributed by atoms with Crippen LogP contribution >= 0.6 is 0 Å². The highest BCUT2D eigenvalue weighted by Gasteiger charge is 2.34. The summed E-state index contributed by atoms with van der Waals surface area (Å²) in [6.07, 6.45) is 4.30. The first-order valence-electron chi connectivity index (χ1n) is 9.38. The van der Waals surface area contributed by atoms with Crippen LogP contribution in [0.3, 0.4) is 0 Å². The number of benzene rings is 1. The van der Waals surface area contributed by atoms with E-state index in [1.54, 1.807) is 4.52 Å². The number of nitrogens with one attached hydrogen (secondary N) is 1. The number of hydrogen-bond acceptors (Lipinski definition) is 3. The molecule has 1 aromatic carbocycles. The number of H-pyrrole nitrogens is 1. The summed E-state index contributed by atoms with van der Waals surface area (Å²) in [5.74, 6) is 7.42. The highest BCUT2D eigenvalue weighted by molar-refractivity contribution is 5.59. The summed E-state index contributed by atoms with van der Waals surface area (Å²) in [6.45, 7) is -0.0415. The van der Waals surface area contributed by atoms with E-state index in [9.17, 15) is 5.11 Å². The van der Waals surface area contributed by atoms with Crippen LogP contribution in [0.25, 0.3) is 16.9 Å². The van der Waals surface area contributed by atoms with Crippen molar-refractivity contribution < 1.29 is 10.1 Å². The minimum absolute atomic E-state index is 0.0415. The molecule has 1 saturated carbocycles. The zero-order chi connectivity index (χ0) is 19.1. The number of rotatable bonds is 3. The molecule has 0 atom stereocenters. The molecule has 6 nitrogen and oxygen atoms in total. The number of imidazole rings is 2. The minimum Gasteiger partial charge on any atom is -0.388 e. The molecule has 4 aromatic rings. The van der Waals surface area contributed by atoms with Gasteiger partial charge in [-0.2, -0.15) is 0 Å². The largest absolute Gasteiger partial charge is 0.388 e. The lowest BCUT2D eigenvalue weighted by Crippen LogP contribution is -2.06. The molecule has 1 aliphatic rings. The molecular weight excluding hydrogens is 350 g/mol. The predicted octanol–water partition coefficient (Wildman–Crippen LogP) is 2.32. The first kappa shape index (κ1) is 16.7. The van der Waals surface area contributed by atoms with Crippen molar-refractivity contribution in [2.75, 3.05) is 0 Å². The van der Waals surface area contributed by atoms with Crippen molar-refractivity contribution in [3.05, 3.63) is 71.6 Å². The van der Waals surface area contributed by atoms with Crippen LogP contribution in [0, 0.1) is 11.8 Å². The van der Waals surface area contributed by atoms with Crippen molar-refractivity contribution >= 4 is 5.65 Å². The average Bonchev–Trinajstić information content (AvgIpc) is 3.41. The van der Waals surface area contributed by atoms with Gasteiger partial charge in [0.25, 0.3) is 0 Å². The zero-order valence-corrected chi connectivity index (χ0v) is 15.6. The lowest BCUT2D eigenvalue weighted by Gasteiger charge is -1.92. The number of aliphatic hydroxyl groups excluding tert-OH is 1. The molecule has 0 radical (unpaired) electrons. The fourth-order valence-corrected chi connectivity index (χ4v) is 3.43. The van der Waals surface area contributed by atoms with E-state index in [1.807, 2.05) is 60.3 Å². The first-order valence-corrected chi connectivity index (χ1v) is 9.38. The van der Waals surface area contributed by atoms with Gasteiger partial charge in [-0.1, -0.05) is 39.9 Å². The van der Waals surface area contributed by atoms with Crippen molar-refractivity contribution in [1.29, 1.82) is 0 Å². The van der Waals surface area contributed by atoms with Crippen LogP contribution in [0.5, 0.6) is 0 Å². The van der Waals surface area contributed by atoms with Crippen molar-refractivity contribution in [2.45, 2.75) is 25.4 Å². The number of aryl methyl sites for hydroxylation is 1. The van der Waals surface area contributed by atoms with Gasteiger partial charge >= 0.3 is 5.65 Å². The summed E-state index contributed by atoms with van der Waals surface area (Å²) in [5.41, 5.74) is 5.39. The van der Waals surface area contributed by atoms with Crippen molar-refractivity contribution in [2.24, 2.45) is 7.05 Å². The second kappa shape index (κ2) is 6.63. The van der Waals surface area contributed by atoms with E-state index in [1.165, 1.54) is 0 Å². The van der Waals surface area contributed by atoms with Crippen LogP contribution in [-0.4, -0.2) is 24.3 Å². The summed E-state index contributed by atoms with van der Waals surface area (Å²) in [4.78, 5) is 8.02. The van der Waals surface area contributed by atoms with Gasteiger partial charge in [-0.3, -0.25) is 0 Å². The topological polar surface area (TPSA) is 69.5 Å². The SMILES string of the molecule is Cn1cc(-c2ccccc2)nc1C#Cc1ccc2[nH+]c(C3CC3)c(CO)n2n1. The quantitative estimate of drug-likeness (QED) is 0.563. The van der Waals surface area contributed by atoms with E-state index < -0.39 is 0 Å². The van der Waals surface area contributed by atoms with Gasteiger partial charge in [0.1, 0.15) is 6.61 Å². The molecule has 0 aliphatic heterocycles. The molecule has 1 aliphatic carbocycles. The van der Waals surface area contributed by atoms with Gasteiger partial charge in [0.05, 0.1) is 5.69 Å². The van der Waals surface area contributed by atoms with Crippen LogP contribution < -0.4 is 4.98 Å². The number of aromatic amines is 1. The van der Waals surface area contributed by atoms with E-state index in [0.717, 1.165) is 41.1 Å². The number of nitrogens with zero attached hydrogens (tertiary/aromatic N) is 4. The third-order valence-corrected chi connectivity index (χ3v) is 5.05. The zero-order valence-electron chi connectivity index (χ0n) is 15.6. The molecule has 0 unspecified atom stereocenters. The second-order valence-electron chi connectivity index (χ2n) is 7.11. The monoisotopic (exact) mass is 370 g/mol. The van der Waals surface area contributed by atoms with E-state index >= 15 is 0 Å². The molecule has 0 spiro atoms. The van der Waals surface area contributed by atoms with Crippen molar-refractivity contribution in [3.63, 3.8) is 0 Å². The van der Waals surface area contributed by atoms with E-state index in [2.05, 4.69) is 26.9 Å². The predicted molar refractivity (Wildman–Crippen MR) is 104 cm³/mol. The molecular formula is C22H20N5O+. The molecule has 3 heterocycles. The molecule has 3 aromatic heterocycles. The Kier molecular flexibility index (Phi) is 3.96. The van der Waals surface area contributed by atoms with Crippen LogP contribution in [0.1, 0.15) is 41.7 Å². The summed E-state index contributed by atoms with van der Waals surface area (Å²) in [6, 6.07) is 13.9. The number of aliphatic hydroxyl groups is 1. The van der Waals surface area contributed by atoms with E-state index in [4.69, 9.17) is 0 Å². The van der Waals surface area contributed by atoms with Gasteiger partial charge in [0.2, 0.25) is 5.69 Å². The summed E-state index contributed by atoms with van der Waals surface area (Å²) < 4.78 is 3.69. The smallest absolute Gasteiger partial charge is 0.305 e. The van der Waals surface area contributed by atoms with Crippen LogP contribution in [0.4, 0.5) is 0 Å². The van der Waals surface area contributed by atoms with Crippen LogP contribution in [0.15, 0.2) is 48.7 Å². The summed E-state index contributed by atoms with van der Waals surface area (Å²) in [5, 5.41) is 14.4. The highest BCUT2D eigenvalue weighted by Crippen LogP contribution is 2.39. The maximum atomic E-state index is 9.80. The van der Waals surface area contributed by atoms with E-state index in [0.29, 0.717) is 17.4 Å². The fourth-order valence-electron chi connectivity index (χ4n) is 3.43. The number of hydrogen-bond donors (Lipinski definition) is 1. The van der Waals surface area contributed by atoms with Gasteiger partial charge in [-0.05, 0) is 30.7 Å². The number of aromatic nitrogens is 5. The minimum atomic E-state index is -0.0415. The highest BCUT2D eigenvalue weighted by atomic mass is 16.3. The normalized spacial score (nSPS) is 13.5. The Hall–Kier alpha value is -3.43. The average molecular weight is 370 g/mol. The van der Waals surface area contributed by atoms with Gasteiger partial charge < -0.3 is 9.67 Å². The molecule has 6 heteroatoms. The Morgan fingerprint density at radius 2 is 1.96 bits per heavy atom. The lowest BCUT2D eigenvalue weighted by molar-refractivity contribution is -0.357.